The molecule has 0 radical (unpaired) electrons. The van der Waals surface area contributed by atoms with Crippen molar-refractivity contribution in [2.45, 2.75) is 4.90 Å². The molecule has 5 nitrogen and oxygen atoms in total. The number of phenols is 1. The summed E-state index contributed by atoms with van der Waals surface area (Å²) in [7, 11) is -1.75. The number of aromatic hydroxyl groups is 1. The van der Waals surface area contributed by atoms with Crippen LogP contribution in [0.15, 0.2) is 17.0 Å². The van der Waals surface area contributed by atoms with Crippen LogP contribution >= 0.6 is 23.2 Å². The van der Waals surface area contributed by atoms with Gasteiger partial charge in [-0.15, -0.1) is 0 Å². The molecule has 1 heterocycles. The molecule has 1 aromatic rings. The first kappa shape index (κ1) is 14.9. The maximum Gasteiger partial charge on any atom is 0.247 e. The zero-order valence-electron chi connectivity index (χ0n) is 10.4. The molecule has 0 aliphatic carbocycles. The second kappa shape index (κ2) is 5.46. The van der Waals surface area contributed by atoms with Crippen molar-refractivity contribution in [3.63, 3.8) is 0 Å². The first-order valence-corrected chi connectivity index (χ1v) is 8.01. The number of rotatable bonds is 2. The van der Waals surface area contributed by atoms with E-state index >= 15 is 0 Å². The summed E-state index contributed by atoms with van der Waals surface area (Å²) < 4.78 is 26.3. The molecule has 1 aliphatic rings. The van der Waals surface area contributed by atoms with Crippen LogP contribution in [0.3, 0.4) is 0 Å². The van der Waals surface area contributed by atoms with E-state index in [2.05, 4.69) is 0 Å². The van der Waals surface area contributed by atoms with Gasteiger partial charge in [0.1, 0.15) is 4.90 Å². The Kier molecular flexibility index (Phi) is 4.27. The third-order valence-electron chi connectivity index (χ3n) is 3.19. The molecule has 19 heavy (non-hydrogen) atoms. The Morgan fingerprint density at radius 3 is 2.42 bits per heavy atom. The lowest BCUT2D eigenvalue weighted by atomic mass is 10.3. The molecule has 2 N–H and O–H groups in total. The van der Waals surface area contributed by atoms with E-state index in [1.165, 1.54) is 21.3 Å². The molecule has 0 amide bonds. The summed E-state index contributed by atoms with van der Waals surface area (Å²) in [6, 6.07) is 2.54. The first-order chi connectivity index (χ1) is 8.82. The van der Waals surface area contributed by atoms with Crippen molar-refractivity contribution in [2.24, 2.45) is 0 Å². The number of quaternary nitrogens is 1. The third kappa shape index (κ3) is 2.98. The van der Waals surface area contributed by atoms with Gasteiger partial charge in [-0.2, -0.15) is 4.31 Å². The smallest absolute Gasteiger partial charge is 0.247 e. The van der Waals surface area contributed by atoms with Crippen LogP contribution in [-0.4, -0.2) is 51.1 Å². The van der Waals surface area contributed by atoms with Gasteiger partial charge in [0.15, 0.2) is 5.75 Å². The number of sulfonamides is 1. The molecule has 0 spiro atoms. The van der Waals surface area contributed by atoms with Gasteiger partial charge in [-0.3, -0.25) is 0 Å². The summed E-state index contributed by atoms with van der Waals surface area (Å²) >= 11 is 11.6. The molecule has 2 rings (SSSR count). The predicted octanol–water partition coefficient (Wildman–Crippen LogP) is 0.218. The lowest BCUT2D eigenvalue weighted by molar-refractivity contribution is -0.883. The van der Waals surface area contributed by atoms with Crippen molar-refractivity contribution in [3.05, 3.63) is 22.2 Å². The first-order valence-electron chi connectivity index (χ1n) is 5.82. The molecule has 0 unspecified atom stereocenters. The predicted molar refractivity (Wildman–Crippen MR) is 73.5 cm³/mol. The fraction of sp³-hybridized carbons (Fsp3) is 0.455. The van der Waals surface area contributed by atoms with Crippen LogP contribution in [0.25, 0.3) is 0 Å². The number of nitrogens with one attached hydrogen (secondary N) is 1. The molecule has 8 heteroatoms. The molecule has 0 aromatic heterocycles. The molecule has 1 fully saturated rings. The Morgan fingerprint density at radius 2 is 1.84 bits per heavy atom. The van der Waals surface area contributed by atoms with Crippen molar-refractivity contribution < 1.29 is 18.4 Å². The van der Waals surface area contributed by atoms with E-state index in [-0.39, 0.29) is 14.9 Å². The van der Waals surface area contributed by atoms with Crippen LogP contribution in [0.4, 0.5) is 0 Å². The van der Waals surface area contributed by atoms with E-state index in [1.807, 2.05) is 7.05 Å². The zero-order chi connectivity index (χ0) is 14.2. The topological polar surface area (TPSA) is 62.0 Å². The molecule has 106 valence electrons. The summed E-state index contributed by atoms with van der Waals surface area (Å²) in [4.78, 5) is 1.05. The Balaban J connectivity index is 2.40. The van der Waals surface area contributed by atoms with E-state index in [9.17, 15) is 13.5 Å². The van der Waals surface area contributed by atoms with Crippen molar-refractivity contribution in [1.29, 1.82) is 0 Å². The summed E-state index contributed by atoms with van der Waals surface area (Å²) in [5.41, 5.74) is 0. The summed E-state index contributed by atoms with van der Waals surface area (Å²) in [6.45, 7) is 2.29. The second-order valence-corrected chi connectivity index (χ2v) is 7.35. The highest BCUT2D eigenvalue weighted by molar-refractivity contribution is 7.89. The molecule has 0 bridgehead atoms. The number of halogens is 2. The Morgan fingerprint density at radius 1 is 1.26 bits per heavy atom. The van der Waals surface area contributed by atoms with Gasteiger partial charge in [0, 0.05) is 5.02 Å². The average Bonchev–Trinajstić information content (AvgIpc) is 2.34. The van der Waals surface area contributed by atoms with Crippen molar-refractivity contribution >= 4 is 33.2 Å². The van der Waals surface area contributed by atoms with E-state index in [0.29, 0.717) is 13.1 Å². The SMILES string of the molecule is C[NH+]1CCN(S(=O)(=O)c2cc(Cl)cc(Cl)c2O)CC1. The van der Waals surface area contributed by atoms with Gasteiger partial charge >= 0.3 is 0 Å². The summed E-state index contributed by atoms with van der Waals surface area (Å²) in [5, 5.41) is 9.96. The summed E-state index contributed by atoms with van der Waals surface area (Å²) in [6.07, 6.45) is 0. The number of hydrogen-bond donors (Lipinski definition) is 2. The van der Waals surface area contributed by atoms with E-state index < -0.39 is 15.8 Å². The average molecular weight is 326 g/mol. The van der Waals surface area contributed by atoms with Crippen LogP contribution in [0.1, 0.15) is 0 Å². The molecular weight excluding hydrogens is 311 g/mol. The standard InChI is InChI=1S/C11H14Cl2N2O3S/c1-14-2-4-15(5-3-14)19(17,18)10-7-8(12)6-9(13)11(10)16/h6-7,16H,2-5H2,1H3/p+1. The third-order valence-corrected chi connectivity index (χ3v) is 5.61. The molecule has 0 saturated carbocycles. The van der Waals surface area contributed by atoms with Gasteiger partial charge < -0.3 is 10.0 Å². The largest absolute Gasteiger partial charge is 0.505 e. The summed E-state index contributed by atoms with van der Waals surface area (Å²) in [5.74, 6) is -0.447. The van der Waals surface area contributed by atoms with Crippen LogP contribution in [0, 0.1) is 0 Å². The Hall–Kier alpha value is -0.530. The van der Waals surface area contributed by atoms with Gasteiger partial charge in [0.2, 0.25) is 10.0 Å². The van der Waals surface area contributed by atoms with Crippen molar-refractivity contribution in [1.82, 2.24) is 4.31 Å². The van der Waals surface area contributed by atoms with Gasteiger partial charge in [0.25, 0.3) is 0 Å². The zero-order valence-corrected chi connectivity index (χ0v) is 12.7. The fourth-order valence-electron chi connectivity index (χ4n) is 1.99. The van der Waals surface area contributed by atoms with Gasteiger partial charge in [0.05, 0.1) is 38.2 Å². The number of nitrogens with zero attached hydrogens (tertiary/aromatic N) is 1. The van der Waals surface area contributed by atoms with Crippen LogP contribution in [-0.2, 0) is 10.0 Å². The monoisotopic (exact) mass is 325 g/mol. The highest BCUT2D eigenvalue weighted by Gasteiger charge is 2.32. The number of benzene rings is 1. The maximum absolute atomic E-state index is 12.5. The van der Waals surface area contributed by atoms with E-state index in [0.717, 1.165) is 13.1 Å². The lowest BCUT2D eigenvalue weighted by Crippen LogP contribution is -3.12. The Bertz CT molecular complexity index is 584. The van der Waals surface area contributed by atoms with Gasteiger partial charge in [-0.05, 0) is 12.1 Å². The van der Waals surface area contributed by atoms with Crippen LogP contribution < -0.4 is 4.90 Å². The lowest BCUT2D eigenvalue weighted by Gasteiger charge is -2.29. The minimum atomic E-state index is -3.76. The minimum Gasteiger partial charge on any atom is -0.505 e. The van der Waals surface area contributed by atoms with Crippen molar-refractivity contribution in [2.75, 3.05) is 33.2 Å². The number of likely N-dealkylation sites (N-methyl/N-ethyl adjacent to an activating group) is 1. The maximum atomic E-state index is 12.5. The molecule has 1 aliphatic heterocycles. The number of piperazine rings is 1. The van der Waals surface area contributed by atoms with Crippen molar-refractivity contribution in [3.8, 4) is 5.75 Å². The van der Waals surface area contributed by atoms with E-state index in [4.69, 9.17) is 23.2 Å². The molecular formula is C11H15Cl2N2O3S+. The normalized spacial score (nSPS) is 18.7. The highest BCUT2D eigenvalue weighted by atomic mass is 35.5. The van der Waals surface area contributed by atoms with Gasteiger partial charge in [-0.25, -0.2) is 8.42 Å². The fourth-order valence-corrected chi connectivity index (χ4v) is 4.17. The van der Waals surface area contributed by atoms with Gasteiger partial charge in [-0.1, -0.05) is 23.2 Å². The van der Waals surface area contributed by atoms with Crippen LogP contribution in [0.5, 0.6) is 5.75 Å². The minimum absolute atomic E-state index is 0.0640. The number of phenolic OH excluding ortho intramolecular Hbond substituents is 1. The second-order valence-electron chi connectivity index (χ2n) is 4.60. The molecule has 1 aromatic carbocycles. The highest BCUT2D eigenvalue weighted by Crippen LogP contribution is 2.35. The van der Waals surface area contributed by atoms with E-state index in [1.54, 1.807) is 0 Å². The number of hydrogen-bond acceptors (Lipinski definition) is 3. The van der Waals surface area contributed by atoms with Crippen LogP contribution in [0.2, 0.25) is 10.0 Å². The quantitative estimate of drug-likeness (QED) is 0.817. The Labute approximate surface area is 122 Å². The molecule has 0 atom stereocenters. The molecule has 1 saturated heterocycles.